The molecule has 0 saturated carbocycles. The number of rotatable bonds is 5. The van der Waals surface area contributed by atoms with Crippen molar-refractivity contribution in [2.75, 3.05) is 33.5 Å². The van der Waals surface area contributed by atoms with E-state index in [0.717, 1.165) is 24.3 Å². The number of likely N-dealkylation sites (N-methyl/N-ethyl adjacent to an activating group) is 1. The van der Waals surface area contributed by atoms with E-state index in [1.54, 1.807) is 19.5 Å². The molecule has 0 atom stereocenters. The minimum atomic E-state index is 0.479. The Kier molecular flexibility index (Phi) is 4.01. The van der Waals surface area contributed by atoms with E-state index in [1.165, 1.54) is 0 Å². The van der Waals surface area contributed by atoms with Gasteiger partial charge in [-0.15, -0.1) is 0 Å². The molecule has 102 valence electrons. The molecule has 0 bridgehead atoms. The fourth-order valence-electron chi connectivity index (χ4n) is 1.87. The van der Waals surface area contributed by atoms with E-state index in [4.69, 9.17) is 10.5 Å². The summed E-state index contributed by atoms with van der Waals surface area (Å²) in [5.41, 5.74) is 7.66. The molecule has 6 heteroatoms. The molecule has 2 aromatic rings. The third-order valence-corrected chi connectivity index (χ3v) is 2.88. The van der Waals surface area contributed by atoms with E-state index in [9.17, 15) is 0 Å². The molecule has 0 radical (unpaired) electrons. The maximum absolute atomic E-state index is 5.94. The van der Waals surface area contributed by atoms with Gasteiger partial charge in [0, 0.05) is 18.3 Å². The summed E-state index contributed by atoms with van der Waals surface area (Å²) >= 11 is 0. The third-order valence-electron chi connectivity index (χ3n) is 2.88. The highest BCUT2D eigenvalue weighted by molar-refractivity contribution is 5.75. The summed E-state index contributed by atoms with van der Waals surface area (Å²) in [6, 6.07) is 3.78. The number of aromatic nitrogens is 3. The number of hydrogen-bond acceptors (Lipinski definition) is 5. The highest BCUT2D eigenvalue weighted by atomic mass is 16.5. The number of pyridine rings is 1. The summed E-state index contributed by atoms with van der Waals surface area (Å²) in [4.78, 5) is 6.22. The van der Waals surface area contributed by atoms with E-state index < -0.39 is 0 Å². The van der Waals surface area contributed by atoms with E-state index in [2.05, 4.69) is 15.0 Å². The molecule has 0 aliphatic rings. The van der Waals surface area contributed by atoms with Crippen LogP contribution in [0.1, 0.15) is 0 Å². The van der Waals surface area contributed by atoms with Gasteiger partial charge in [-0.2, -0.15) is 5.10 Å². The number of nitrogens with two attached hydrogens (primary N) is 1. The Balaban J connectivity index is 2.42. The second-order valence-corrected chi connectivity index (χ2v) is 4.52. The second-order valence-electron chi connectivity index (χ2n) is 4.52. The van der Waals surface area contributed by atoms with Crippen LogP contribution >= 0.6 is 0 Å². The maximum atomic E-state index is 5.94. The van der Waals surface area contributed by atoms with Gasteiger partial charge < -0.3 is 15.4 Å². The van der Waals surface area contributed by atoms with E-state index in [-0.39, 0.29) is 0 Å². The average molecular weight is 261 g/mol. The zero-order valence-corrected chi connectivity index (χ0v) is 11.5. The SMILES string of the molecule is COc1cnn(CCN(C)C)c1-c1cccnc1N. The predicted molar refractivity (Wildman–Crippen MR) is 75.0 cm³/mol. The molecular weight excluding hydrogens is 242 g/mol. The standard InChI is InChI=1S/C13H19N5O/c1-17(2)7-8-18-12(11(19-3)9-16-18)10-5-4-6-15-13(10)14/h4-6,9H,7-8H2,1-3H3,(H2,14,15). The highest BCUT2D eigenvalue weighted by Gasteiger charge is 2.16. The first-order valence-corrected chi connectivity index (χ1v) is 6.09. The van der Waals surface area contributed by atoms with Gasteiger partial charge in [-0.25, -0.2) is 4.98 Å². The van der Waals surface area contributed by atoms with Crippen LogP contribution in [0.3, 0.4) is 0 Å². The molecule has 2 N–H and O–H groups in total. The lowest BCUT2D eigenvalue weighted by Gasteiger charge is -2.13. The van der Waals surface area contributed by atoms with Crippen molar-refractivity contribution in [1.82, 2.24) is 19.7 Å². The monoisotopic (exact) mass is 261 g/mol. The molecular formula is C13H19N5O. The van der Waals surface area contributed by atoms with Crippen molar-refractivity contribution in [1.29, 1.82) is 0 Å². The number of anilines is 1. The predicted octanol–water partition coefficient (Wildman–Crippen LogP) is 1.10. The molecule has 6 nitrogen and oxygen atoms in total. The van der Waals surface area contributed by atoms with Gasteiger partial charge in [0.25, 0.3) is 0 Å². The van der Waals surface area contributed by atoms with Crippen molar-refractivity contribution in [3.8, 4) is 17.0 Å². The zero-order chi connectivity index (χ0) is 13.8. The van der Waals surface area contributed by atoms with Gasteiger partial charge in [0.05, 0.1) is 19.9 Å². The molecule has 2 aromatic heterocycles. The van der Waals surface area contributed by atoms with Gasteiger partial charge in [-0.05, 0) is 26.2 Å². The molecule has 0 spiro atoms. The summed E-state index contributed by atoms with van der Waals surface area (Å²) in [7, 11) is 5.68. The third kappa shape index (κ3) is 2.85. The van der Waals surface area contributed by atoms with E-state index >= 15 is 0 Å². The van der Waals surface area contributed by atoms with Crippen LogP contribution in [-0.2, 0) is 6.54 Å². The maximum Gasteiger partial charge on any atom is 0.164 e. The lowest BCUT2D eigenvalue weighted by molar-refractivity contribution is 0.373. The van der Waals surface area contributed by atoms with Gasteiger partial charge >= 0.3 is 0 Å². The fourth-order valence-corrected chi connectivity index (χ4v) is 1.87. The number of methoxy groups -OCH3 is 1. The zero-order valence-electron chi connectivity index (χ0n) is 11.5. The Morgan fingerprint density at radius 1 is 1.42 bits per heavy atom. The summed E-state index contributed by atoms with van der Waals surface area (Å²) in [6.45, 7) is 1.65. The molecule has 0 amide bonds. The van der Waals surface area contributed by atoms with Crippen LogP contribution < -0.4 is 10.5 Å². The lowest BCUT2D eigenvalue weighted by Crippen LogP contribution is -2.19. The summed E-state index contributed by atoms with van der Waals surface area (Å²) in [6.07, 6.45) is 3.38. The molecule has 19 heavy (non-hydrogen) atoms. The Morgan fingerprint density at radius 3 is 2.84 bits per heavy atom. The average Bonchev–Trinajstić information content (AvgIpc) is 2.79. The van der Waals surface area contributed by atoms with Crippen molar-refractivity contribution >= 4 is 5.82 Å². The summed E-state index contributed by atoms with van der Waals surface area (Å²) in [5.74, 6) is 1.19. The van der Waals surface area contributed by atoms with Crippen LogP contribution in [0, 0.1) is 0 Å². The van der Waals surface area contributed by atoms with Gasteiger partial charge in [-0.3, -0.25) is 4.68 Å². The number of ether oxygens (including phenoxy) is 1. The summed E-state index contributed by atoms with van der Waals surface area (Å²) in [5, 5.41) is 4.36. The molecule has 2 rings (SSSR count). The first-order valence-electron chi connectivity index (χ1n) is 6.09. The first kappa shape index (κ1) is 13.4. The summed E-state index contributed by atoms with van der Waals surface area (Å²) < 4.78 is 7.26. The second kappa shape index (κ2) is 5.71. The normalized spacial score (nSPS) is 10.9. The van der Waals surface area contributed by atoms with Gasteiger partial charge in [0.1, 0.15) is 11.5 Å². The number of hydrogen-bond donors (Lipinski definition) is 1. The van der Waals surface area contributed by atoms with Crippen molar-refractivity contribution in [3.63, 3.8) is 0 Å². The number of nitrogens with zero attached hydrogens (tertiary/aromatic N) is 4. The van der Waals surface area contributed by atoms with Crippen molar-refractivity contribution < 1.29 is 4.74 Å². The molecule has 0 unspecified atom stereocenters. The van der Waals surface area contributed by atoms with Gasteiger partial charge in [-0.1, -0.05) is 0 Å². The van der Waals surface area contributed by atoms with Crippen molar-refractivity contribution in [3.05, 3.63) is 24.5 Å². The molecule has 0 aliphatic carbocycles. The van der Waals surface area contributed by atoms with E-state index in [0.29, 0.717) is 11.6 Å². The van der Waals surface area contributed by atoms with E-state index in [1.807, 2.05) is 30.9 Å². The van der Waals surface area contributed by atoms with Crippen molar-refractivity contribution in [2.24, 2.45) is 0 Å². The molecule has 0 aliphatic heterocycles. The lowest BCUT2D eigenvalue weighted by atomic mass is 10.2. The molecule has 0 fully saturated rings. The Hall–Kier alpha value is -2.08. The Morgan fingerprint density at radius 2 is 2.21 bits per heavy atom. The number of nitrogen functional groups attached to an aromatic ring is 1. The minimum Gasteiger partial charge on any atom is -0.493 e. The van der Waals surface area contributed by atoms with Gasteiger partial charge in [0.2, 0.25) is 0 Å². The first-order chi connectivity index (χ1) is 9.13. The Labute approximate surface area is 112 Å². The van der Waals surface area contributed by atoms with Crippen molar-refractivity contribution in [2.45, 2.75) is 6.54 Å². The fraction of sp³-hybridized carbons (Fsp3) is 0.385. The molecule has 2 heterocycles. The van der Waals surface area contributed by atoms with Crippen LogP contribution in [0.15, 0.2) is 24.5 Å². The van der Waals surface area contributed by atoms with Crippen LogP contribution in [0.2, 0.25) is 0 Å². The largest absolute Gasteiger partial charge is 0.493 e. The Bertz CT molecular complexity index is 550. The van der Waals surface area contributed by atoms with Crippen LogP contribution in [0.4, 0.5) is 5.82 Å². The topological polar surface area (TPSA) is 69.2 Å². The smallest absolute Gasteiger partial charge is 0.164 e. The van der Waals surface area contributed by atoms with Gasteiger partial charge in [0.15, 0.2) is 5.75 Å². The van der Waals surface area contributed by atoms with Crippen LogP contribution in [-0.4, -0.2) is 47.4 Å². The molecule has 0 aromatic carbocycles. The molecule has 0 saturated heterocycles. The minimum absolute atomic E-state index is 0.479. The highest BCUT2D eigenvalue weighted by Crippen LogP contribution is 2.32. The quantitative estimate of drug-likeness (QED) is 0.872. The van der Waals surface area contributed by atoms with Crippen LogP contribution in [0.25, 0.3) is 11.3 Å². The van der Waals surface area contributed by atoms with Crippen LogP contribution in [0.5, 0.6) is 5.75 Å².